The van der Waals surface area contributed by atoms with Crippen molar-refractivity contribution < 1.29 is 4.74 Å². The van der Waals surface area contributed by atoms with Crippen LogP contribution in [0.5, 0.6) is 5.75 Å². The van der Waals surface area contributed by atoms with E-state index < -0.39 is 0 Å². The van der Waals surface area contributed by atoms with Crippen LogP contribution in [0.3, 0.4) is 0 Å². The van der Waals surface area contributed by atoms with Gasteiger partial charge in [0.15, 0.2) is 5.82 Å². The van der Waals surface area contributed by atoms with Gasteiger partial charge in [0.05, 0.1) is 24.5 Å². The molecule has 9 heteroatoms. The number of nitrogens with one attached hydrogen (secondary N) is 1. The van der Waals surface area contributed by atoms with Crippen molar-refractivity contribution in [2.75, 3.05) is 12.4 Å². The SMILES string of the molecule is COc1cc(-c2nncn2C)ccc1Nc1ncc2ccc(Br)n2n1. The molecule has 0 radical (unpaired) electrons. The van der Waals surface area contributed by atoms with Gasteiger partial charge in [-0.2, -0.15) is 0 Å². The summed E-state index contributed by atoms with van der Waals surface area (Å²) >= 11 is 3.46. The molecule has 0 unspecified atom stereocenters. The highest BCUT2D eigenvalue weighted by atomic mass is 79.9. The monoisotopic (exact) mass is 399 g/mol. The summed E-state index contributed by atoms with van der Waals surface area (Å²) in [6.07, 6.45) is 3.41. The van der Waals surface area contributed by atoms with Crippen LogP contribution in [0.2, 0.25) is 0 Å². The molecule has 1 N–H and O–H groups in total. The van der Waals surface area contributed by atoms with Crippen LogP contribution >= 0.6 is 15.9 Å². The fraction of sp³-hybridized carbons (Fsp3) is 0.125. The standard InChI is InChI=1S/C16H14BrN7O/c1-23-9-19-21-15(23)10-3-5-12(13(7-10)25-2)20-16-18-8-11-4-6-14(17)24(11)22-16/h3-9H,1-2H3,(H,20,22). The summed E-state index contributed by atoms with van der Waals surface area (Å²) in [7, 11) is 3.51. The lowest BCUT2D eigenvalue weighted by atomic mass is 10.1. The van der Waals surface area contributed by atoms with E-state index in [-0.39, 0.29) is 0 Å². The number of rotatable bonds is 4. The summed E-state index contributed by atoms with van der Waals surface area (Å²) < 4.78 is 9.97. The Morgan fingerprint density at radius 3 is 2.84 bits per heavy atom. The number of hydrogen-bond acceptors (Lipinski definition) is 6. The number of nitrogens with zero attached hydrogens (tertiary/aromatic N) is 6. The second-order valence-electron chi connectivity index (χ2n) is 5.38. The van der Waals surface area contributed by atoms with Crippen LogP contribution in [0.25, 0.3) is 16.9 Å². The summed E-state index contributed by atoms with van der Waals surface area (Å²) in [5, 5.41) is 15.7. The molecule has 0 aliphatic carbocycles. The zero-order valence-corrected chi connectivity index (χ0v) is 15.1. The van der Waals surface area contributed by atoms with Crippen molar-refractivity contribution in [2.24, 2.45) is 7.05 Å². The Balaban J connectivity index is 1.69. The molecule has 0 spiro atoms. The first-order chi connectivity index (χ1) is 12.2. The van der Waals surface area contributed by atoms with Crippen molar-refractivity contribution in [2.45, 2.75) is 0 Å². The number of aryl methyl sites for hydroxylation is 1. The van der Waals surface area contributed by atoms with Crippen LogP contribution in [-0.2, 0) is 7.05 Å². The third-order valence-electron chi connectivity index (χ3n) is 3.77. The molecule has 126 valence electrons. The van der Waals surface area contributed by atoms with Crippen molar-refractivity contribution >= 4 is 33.1 Å². The van der Waals surface area contributed by atoms with Gasteiger partial charge in [0, 0.05) is 12.6 Å². The highest BCUT2D eigenvalue weighted by Gasteiger charge is 2.11. The van der Waals surface area contributed by atoms with E-state index in [2.05, 4.69) is 41.5 Å². The van der Waals surface area contributed by atoms with Crippen LogP contribution in [0, 0.1) is 0 Å². The number of aromatic nitrogens is 6. The predicted octanol–water partition coefficient (Wildman–Crippen LogP) is 3.04. The Kier molecular flexibility index (Phi) is 3.85. The van der Waals surface area contributed by atoms with Crippen LogP contribution in [0.4, 0.5) is 11.6 Å². The van der Waals surface area contributed by atoms with Crippen LogP contribution in [0.15, 0.2) is 47.5 Å². The van der Waals surface area contributed by atoms with E-state index in [1.54, 1.807) is 24.1 Å². The lowest BCUT2D eigenvalue weighted by Gasteiger charge is -2.12. The van der Waals surface area contributed by atoms with Gasteiger partial charge >= 0.3 is 0 Å². The number of methoxy groups -OCH3 is 1. The maximum atomic E-state index is 5.50. The van der Waals surface area contributed by atoms with E-state index in [1.807, 2.05) is 41.9 Å². The van der Waals surface area contributed by atoms with E-state index in [9.17, 15) is 0 Å². The lowest BCUT2D eigenvalue weighted by molar-refractivity contribution is 0.417. The first-order valence-electron chi connectivity index (χ1n) is 7.45. The van der Waals surface area contributed by atoms with E-state index in [1.165, 1.54) is 0 Å². The molecule has 4 rings (SSSR count). The van der Waals surface area contributed by atoms with Gasteiger partial charge in [-0.25, -0.2) is 9.50 Å². The Hall–Kier alpha value is -2.94. The number of halogens is 1. The molecule has 8 nitrogen and oxygen atoms in total. The van der Waals surface area contributed by atoms with Gasteiger partial charge in [0.25, 0.3) is 0 Å². The summed E-state index contributed by atoms with van der Waals surface area (Å²) in [5.74, 6) is 1.89. The van der Waals surface area contributed by atoms with Gasteiger partial charge in [-0.1, -0.05) is 0 Å². The molecule has 3 aromatic heterocycles. The van der Waals surface area contributed by atoms with E-state index in [0.717, 1.165) is 27.2 Å². The molecule has 3 heterocycles. The van der Waals surface area contributed by atoms with E-state index in [0.29, 0.717) is 11.7 Å². The zero-order chi connectivity index (χ0) is 17.4. The summed E-state index contributed by atoms with van der Waals surface area (Å²) in [6.45, 7) is 0. The molecular formula is C16H14BrN7O. The molecule has 1 aromatic carbocycles. The second kappa shape index (κ2) is 6.17. The summed E-state index contributed by atoms with van der Waals surface area (Å²) in [5.41, 5.74) is 2.57. The van der Waals surface area contributed by atoms with Gasteiger partial charge in [0.1, 0.15) is 16.7 Å². The average Bonchev–Trinajstić information content (AvgIpc) is 3.21. The van der Waals surface area contributed by atoms with Crippen molar-refractivity contribution in [3.63, 3.8) is 0 Å². The highest BCUT2D eigenvalue weighted by molar-refractivity contribution is 9.10. The van der Waals surface area contributed by atoms with Crippen LogP contribution < -0.4 is 10.1 Å². The minimum absolute atomic E-state index is 0.467. The van der Waals surface area contributed by atoms with Crippen molar-refractivity contribution in [3.05, 3.63) is 47.5 Å². The maximum absolute atomic E-state index is 5.50. The second-order valence-corrected chi connectivity index (χ2v) is 6.19. The molecular weight excluding hydrogens is 386 g/mol. The molecule has 0 aliphatic heterocycles. The minimum atomic E-state index is 0.467. The zero-order valence-electron chi connectivity index (χ0n) is 13.5. The fourth-order valence-electron chi connectivity index (χ4n) is 2.53. The topological polar surface area (TPSA) is 82.2 Å². The fourth-order valence-corrected chi connectivity index (χ4v) is 2.94. The van der Waals surface area contributed by atoms with Gasteiger partial charge in [-0.15, -0.1) is 15.3 Å². The van der Waals surface area contributed by atoms with Gasteiger partial charge in [-0.3, -0.25) is 0 Å². The first kappa shape index (κ1) is 15.6. The molecule has 4 aromatic rings. The molecule has 25 heavy (non-hydrogen) atoms. The Bertz CT molecular complexity index is 1060. The highest BCUT2D eigenvalue weighted by Crippen LogP contribution is 2.31. The van der Waals surface area contributed by atoms with E-state index in [4.69, 9.17) is 4.74 Å². The molecule has 0 saturated heterocycles. The molecule has 0 aliphatic rings. The molecule has 0 atom stereocenters. The lowest BCUT2D eigenvalue weighted by Crippen LogP contribution is -2.03. The van der Waals surface area contributed by atoms with E-state index >= 15 is 0 Å². The minimum Gasteiger partial charge on any atom is -0.495 e. The molecule has 0 amide bonds. The number of benzene rings is 1. The average molecular weight is 400 g/mol. The first-order valence-corrected chi connectivity index (χ1v) is 8.25. The van der Waals surface area contributed by atoms with Crippen LogP contribution in [-0.4, -0.2) is 36.5 Å². The Labute approximate surface area is 151 Å². The summed E-state index contributed by atoms with van der Waals surface area (Å²) in [4.78, 5) is 4.33. The summed E-state index contributed by atoms with van der Waals surface area (Å²) in [6, 6.07) is 9.60. The third kappa shape index (κ3) is 2.82. The predicted molar refractivity (Wildman–Crippen MR) is 97.0 cm³/mol. The van der Waals surface area contributed by atoms with Gasteiger partial charge in [0.2, 0.25) is 5.95 Å². The third-order valence-corrected chi connectivity index (χ3v) is 4.37. The smallest absolute Gasteiger partial charge is 0.245 e. The van der Waals surface area contributed by atoms with Crippen molar-refractivity contribution in [3.8, 4) is 17.1 Å². The molecule has 0 bridgehead atoms. The number of anilines is 2. The van der Waals surface area contributed by atoms with Crippen molar-refractivity contribution in [1.29, 1.82) is 0 Å². The number of ether oxygens (including phenoxy) is 1. The quantitative estimate of drug-likeness (QED) is 0.567. The van der Waals surface area contributed by atoms with Gasteiger partial charge in [-0.05, 0) is 46.3 Å². The molecule has 0 saturated carbocycles. The molecule has 0 fully saturated rings. The normalized spacial score (nSPS) is 11.0. The van der Waals surface area contributed by atoms with Crippen molar-refractivity contribution in [1.82, 2.24) is 29.4 Å². The Morgan fingerprint density at radius 1 is 1.20 bits per heavy atom. The number of hydrogen-bond donors (Lipinski definition) is 1. The van der Waals surface area contributed by atoms with Gasteiger partial charge < -0.3 is 14.6 Å². The largest absolute Gasteiger partial charge is 0.495 e. The number of fused-ring (bicyclic) bond motifs is 1. The van der Waals surface area contributed by atoms with Crippen LogP contribution in [0.1, 0.15) is 0 Å². The Morgan fingerprint density at radius 2 is 2.08 bits per heavy atom. The maximum Gasteiger partial charge on any atom is 0.245 e.